The molecule has 84 valence electrons. The summed E-state index contributed by atoms with van der Waals surface area (Å²) in [7, 11) is 1.83. The molecule has 5 heteroatoms. The van der Waals surface area contributed by atoms with Crippen LogP contribution in [0.5, 0.6) is 0 Å². The van der Waals surface area contributed by atoms with Gasteiger partial charge in [-0.2, -0.15) is 0 Å². The van der Waals surface area contributed by atoms with Crippen molar-refractivity contribution in [1.29, 1.82) is 0 Å². The first-order valence-corrected chi connectivity index (χ1v) is 6.25. The third-order valence-corrected chi connectivity index (χ3v) is 3.50. The van der Waals surface area contributed by atoms with Crippen LogP contribution in [0.2, 0.25) is 0 Å². The number of thiophene rings is 1. The Morgan fingerprint density at radius 1 is 1.67 bits per heavy atom. The van der Waals surface area contributed by atoms with Crippen LogP contribution in [0.3, 0.4) is 0 Å². The molecule has 1 aromatic rings. The minimum Gasteiger partial charge on any atom is -0.392 e. The highest BCUT2D eigenvalue weighted by Crippen LogP contribution is 2.22. The van der Waals surface area contributed by atoms with Gasteiger partial charge in [-0.3, -0.25) is 9.69 Å². The van der Waals surface area contributed by atoms with Crippen LogP contribution in [-0.2, 0) is 0 Å². The number of hydrogen-bond donors (Lipinski definition) is 1. The van der Waals surface area contributed by atoms with Gasteiger partial charge in [0, 0.05) is 6.54 Å². The number of nitrogens with zero attached hydrogens (tertiary/aromatic N) is 1. The number of likely N-dealkylation sites (N-methyl/N-ethyl adjacent to an activating group) is 1. The summed E-state index contributed by atoms with van der Waals surface area (Å²) in [4.78, 5) is 14.3. The van der Waals surface area contributed by atoms with E-state index in [2.05, 4.69) is 15.9 Å². The second kappa shape index (κ2) is 5.75. The first-order chi connectivity index (χ1) is 6.99. The molecular weight excluding hydrogens is 278 g/mol. The normalized spacial score (nSPS) is 13.1. The van der Waals surface area contributed by atoms with E-state index in [1.54, 1.807) is 6.92 Å². The van der Waals surface area contributed by atoms with E-state index in [-0.39, 0.29) is 5.78 Å². The number of aliphatic hydroxyl groups excluding tert-OH is 1. The second-order valence-corrected chi connectivity index (χ2v) is 6.04. The van der Waals surface area contributed by atoms with Crippen LogP contribution in [0.15, 0.2) is 15.9 Å². The highest BCUT2D eigenvalue weighted by molar-refractivity contribution is 9.11. The van der Waals surface area contributed by atoms with Crippen LogP contribution in [0.4, 0.5) is 0 Å². The van der Waals surface area contributed by atoms with E-state index in [0.717, 1.165) is 8.66 Å². The number of carbonyl (C=O) groups is 1. The van der Waals surface area contributed by atoms with Crippen molar-refractivity contribution >= 4 is 33.0 Å². The minimum atomic E-state index is -0.405. The van der Waals surface area contributed by atoms with Crippen molar-refractivity contribution < 1.29 is 9.90 Å². The van der Waals surface area contributed by atoms with Crippen molar-refractivity contribution in [1.82, 2.24) is 4.90 Å². The lowest BCUT2D eigenvalue weighted by Crippen LogP contribution is -2.31. The molecule has 0 fully saturated rings. The van der Waals surface area contributed by atoms with Gasteiger partial charge in [0.1, 0.15) is 0 Å². The largest absolute Gasteiger partial charge is 0.392 e. The number of Topliss-reactive ketones (excluding diaryl/α,β-unsaturated/α-hetero) is 1. The summed E-state index contributed by atoms with van der Waals surface area (Å²) in [5, 5.41) is 9.15. The molecule has 0 aliphatic heterocycles. The van der Waals surface area contributed by atoms with E-state index in [9.17, 15) is 4.79 Å². The summed E-state index contributed by atoms with van der Waals surface area (Å²) < 4.78 is 0.962. The smallest absolute Gasteiger partial charge is 0.186 e. The Morgan fingerprint density at radius 3 is 2.80 bits per heavy atom. The first kappa shape index (κ1) is 12.8. The number of ketones is 1. The molecule has 0 saturated carbocycles. The van der Waals surface area contributed by atoms with Crippen LogP contribution in [0.1, 0.15) is 16.6 Å². The quantitative estimate of drug-likeness (QED) is 0.844. The van der Waals surface area contributed by atoms with Crippen molar-refractivity contribution in [3.63, 3.8) is 0 Å². The standard InChI is InChI=1S/C10H14BrNO2S/c1-7(13)5-12(2)6-8(14)9-3-4-10(11)15-9/h3-4,7,13H,5-6H2,1-2H3. The maximum Gasteiger partial charge on any atom is 0.186 e. The van der Waals surface area contributed by atoms with Gasteiger partial charge in [0.25, 0.3) is 0 Å². The molecule has 0 spiro atoms. The number of hydrogen-bond acceptors (Lipinski definition) is 4. The summed E-state index contributed by atoms with van der Waals surface area (Å²) >= 11 is 4.75. The molecule has 1 N–H and O–H groups in total. The van der Waals surface area contributed by atoms with Crippen LogP contribution in [-0.4, -0.2) is 42.0 Å². The molecule has 3 nitrogen and oxygen atoms in total. The van der Waals surface area contributed by atoms with Crippen molar-refractivity contribution in [3.8, 4) is 0 Å². The van der Waals surface area contributed by atoms with Crippen LogP contribution in [0.25, 0.3) is 0 Å². The summed E-state index contributed by atoms with van der Waals surface area (Å²) in [6.45, 7) is 2.57. The average Bonchev–Trinajstić information content (AvgIpc) is 2.49. The molecule has 0 aliphatic rings. The lowest BCUT2D eigenvalue weighted by atomic mass is 10.3. The zero-order valence-electron chi connectivity index (χ0n) is 8.74. The molecule has 1 aromatic heterocycles. The van der Waals surface area contributed by atoms with Crippen molar-refractivity contribution in [2.45, 2.75) is 13.0 Å². The third-order valence-electron chi connectivity index (χ3n) is 1.84. The van der Waals surface area contributed by atoms with Gasteiger partial charge in [-0.25, -0.2) is 0 Å². The molecule has 0 saturated heterocycles. The van der Waals surface area contributed by atoms with E-state index in [1.807, 2.05) is 24.1 Å². The molecule has 1 atom stereocenters. The maximum absolute atomic E-state index is 11.7. The van der Waals surface area contributed by atoms with Gasteiger partial charge in [-0.15, -0.1) is 11.3 Å². The molecule has 0 aromatic carbocycles. The van der Waals surface area contributed by atoms with Gasteiger partial charge in [0.15, 0.2) is 5.78 Å². The molecule has 1 heterocycles. The maximum atomic E-state index is 11.7. The highest BCUT2D eigenvalue weighted by atomic mass is 79.9. The SMILES string of the molecule is CC(O)CN(C)CC(=O)c1ccc(Br)s1. The Morgan fingerprint density at radius 2 is 2.33 bits per heavy atom. The average molecular weight is 292 g/mol. The summed E-state index contributed by atoms with van der Waals surface area (Å²) in [5.74, 6) is 0.0915. The topological polar surface area (TPSA) is 40.5 Å². The molecule has 0 bridgehead atoms. The zero-order valence-corrected chi connectivity index (χ0v) is 11.1. The highest BCUT2D eigenvalue weighted by Gasteiger charge is 2.12. The molecule has 0 radical (unpaired) electrons. The predicted molar refractivity (Wildman–Crippen MR) is 65.5 cm³/mol. The van der Waals surface area contributed by atoms with Crippen LogP contribution in [0, 0.1) is 0 Å². The van der Waals surface area contributed by atoms with Gasteiger partial charge in [-0.05, 0) is 42.0 Å². The van der Waals surface area contributed by atoms with Crippen LogP contribution >= 0.6 is 27.3 Å². The summed E-state index contributed by atoms with van der Waals surface area (Å²) in [6, 6.07) is 3.68. The fourth-order valence-electron chi connectivity index (χ4n) is 1.30. The lowest BCUT2D eigenvalue weighted by molar-refractivity contribution is 0.0905. The van der Waals surface area contributed by atoms with Crippen molar-refractivity contribution in [2.75, 3.05) is 20.1 Å². The van der Waals surface area contributed by atoms with E-state index in [1.165, 1.54) is 11.3 Å². The molecule has 1 unspecified atom stereocenters. The van der Waals surface area contributed by atoms with E-state index < -0.39 is 6.10 Å². The van der Waals surface area contributed by atoms with E-state index in [4.69, 9.17) is 5.11 Å². The summed E-state index contributed by atoms with van der Waals surface area (Å²) in [5.41, 5.74) is 0. The Kier molecular flexibility index (Phi) is 4.92. The van der Waals surface area contributed by atoms with Gasteiger partial charge >= 0.3 is 0 Å². The number of halogens is 1. The lowest BCUT2D eigenvalue weighted by Gasteiger charge is -2.16. The second-order valence-electron chi connectivity index (χ2n) is 3.57. The fourth-order valence-corrected chi connectivity index (χ4v) is 2.62. The monoisotopic (exact) mass is 291 g/mol. The molecule has 1 rings (SSSR count). The van der Waals surface area contributed by atoms with E-state index >= 15 is 0 Å². The Labute approximate surface area is 102 Å². The number of aliphatic hydroxyl groups is 1. The van der Waals surface area contributed by atoms with E-state index in [0.29, 0.717) is 13.1 Å². The van der Waals surface area contributed by atoms with Crippen molar-refractivity contribution in [3.05, 3.63) is 20.8 Å². The van der Waals surface area contributed by atoms with Gasteiger partial charge in [-0.1, -0.05) is 0 Å². The first-order valence-electron chi connectivity index (χ1n) is 4.64. The van der Waals surface area contributed by atoms with Crippen LogP contribution < -0.4 is 0 Å². The molecule has 0 amide bonds. The predicted octanol–water partition coefficient (Wildman–Crippen LogP) is 2.01. The third kappa shape index (κ3) is 4.42. The van der Waals surface area contributed by atoms with Gasteiger partial charge < -0.3 is 5.11 Å². The number of carbonyl (C=O) groups excluding carboxylic acids is 1. The Balaban J connectivity index is 2.49. The Hall–Kier alpha value is -0.230. The molecule has 15 heavy (non-hydrogen) atoms. The summed E-state index contributed by atoms with van der Waals surface area (Å²) in [6.07, 6.45) is -0.405. The van der Waals surface area contributed by atoms with Gasteiger partial charge in [0.05, 0.1) is 21.3 Å². The minimum absolute atomic E-state index is 0.0915. The zero-order chi connectivity index (χ0) is 11.4. The van der Waals surface area contributed by atoms with Gasteiger partial charge in [0.2, 0.25) is 0 Å². The number of rotatable bonds is 5. The fraction of sp³-hybridized carbons (Fsp3) is 0.500. The molecule has 0 aliphatic carbocycles. The van der Waals surface area contributed by atoms with Crippen molar-refractivity contribution in [2.24, 2.45) is 0 Å². The molecular formula is C10H14BrNO2S. The Bertz CT molecular complexity index is 338.